The molecule has 0 aliphatic carbocycles. The monoisotopic (exact) mass is 275 g/mol. The van der Waals surface area contributed by atoms with Crippen LogP contribution in [-0.4, -0.2) is 33.0 Å². The van der Waals surface area contributed by atoms with E-state index in [1.165, 1.54) is 0 Å². The Hall–Kier alpha value is -1.57. The zero-order valence-electron chi connectivity index (χ0n) is 11.7. The summed E-state index contributed by atoms with van der Waals surface area (Å²) in [6.45, 7) is 3.82. The molecule has 108 valence electrons. The quantitative estimate of drug-likeness (QED) is 0.718. The summed E-state index contributed by atoms with van der Waals surface area (Å²) >= 11 is 0. The Balaban J connectivity index is 1.56. The lowest BCUT2D eigenvalue weighted by atomic mass is 10.0. The number of hydrogen-bond donors (Lipinski definition) is 0. The van der Waals surface area contributed by atoms with Crippen molar-refractivity contribution >= 4 is 0 Å². The fourth-order valence-electron chi connectivity index (χ4n) is 2.19. The fraction of sp³-hybridized carbons (Fsp3) is 0.562. The van der Waals surface area contributed by atoms with Crippen LogP contribution in [0.4, 0.5) is 0 Å². The van der Waals surface area contributed by atoms with Gasteiger partial charge in [0, 0.05) is 32.8 Å². The predicted octanol–water partition coefficient (Wildman–Crippen LogP) is 2.77. The molecule has 1 heterocycles. The van der Waals surface area contributed by atoms with E-state index < -0.39 is 0 Å². The van der Waals surface area contributed by atoms with Gasteiger partial charge in [0.1, 0.15) is 11.8 Å². The smallest absolute Gasteiger partial charge is 0.137 e. The number of para-hydroxylation sites is 1. The van der Waals surface area contributed by atoms with Crippen LogP contribution in [0.15, 0.2) is 24.3 Å². The van der Waals surface area contributed by atoms with Crippen molar-refractivity contribution < 1.29 is 14.2 Å². The molecule has 0 aromatic heterocycles. The summed E-state index contributed by atoms with van der Waals surface area (Å²) in [7, 11) is 0. The molecule has 4 heteroatoms. The molecule has 0 radical (unpaired) electrons. The molecule has 20 heavy (non-hydrogen) atoms. The highest BCUT2D eigenvalue weighted by molar-refractivity contribution is 5.42. The predicted molar refractivity (Wildman–Crippen MR) is 75.6 cm³/mol. The van der Waals surface area contributed by atoms with E-state index in [1.54, 1.807) is 6.07 Å². The highest BCUT2D eigenvalue weighted by Gasteiger charge is 2.13. The summed E-state index contributed by atoms with van der Waals surface area (Å²) in [5.41, 5.74) is 0.579. The summed E-state index contributed by atoms with van der Waals surface area (Å²) in [5, 5.41) is 8.94. The van der Waals surface area contributed by atoms with Gasteiger partial charge in [0.25, 0.3) is 0 Å². The highest BCUT2D eigenvalue weighted by Crippen LogP contribution is 2.17. The van der Waals surface area contributed by atoms with Crippen LogP contribution in [0, 0.1) is 17.2 Å². The summed E-state index contributed by atoms with van der Waals surface area (Å²) < 4.78 is 16.6. The van der Waals surface area contributed by atoms with E-state index in [4.69, 9.17) is 19.5 Å². The van der Waals surface area contributed by atoms with Gasteiger partial charge in [0.2, 0.25) is 0 Å². The maximum atomic E-state index is 8.94. The van der Waals surface area contributed by atoms with E-state index in [9.17, 15) is 0 Å². The Morgan fingerprint density at radius 1 is 1.20 bits per heavy atom. The molecule has 0 unspecified atom stereocenters. The van der Waals surface area contributed by atoms with Crippen molar-refractivity contribution in [2.75, 3.05) is 33.0 Å². The van der Waals surface area contributed by atoms with Gasteiger partial charge in [-0.1, -0.05) is 12.1 Å². The third-order valence-electron chi connectivity index (χ3n) is 3.39. The second kappa shape index (κ2) is 8.57. The average Bonchev–Trinajstić information content (AvgIpc) is 2.52. The Morgan fingerprint density at radius 3 is 2.80 bits per heavy atom. The molecule has 1 fully saturated rings. The lowest BCUT2D eigenvalue weighted by Gasteiger charge is -2.21. The number of nitrogens with zero attached hydrogens (tertiary/aromatic N) is 1. The van der Waals surface area contributed by atoms with Gasteiger partial charge in [-0.15, -0.1) is 0 Å². The first-order valence-corrected chi connectivity index (χ1v) is 7.17. The largest absolute Gasteiger partial charge is 0.492 e. The summed E-state index contributed by atoms with van der Waals surface area (Å²) in [5.74, 6) is 1.29. The van der Waals surface area contributed by atoms with Crippen molar-refractivity contribution in [3.05, 3.63) is 29.8 Å². The van der Waals surface area contributed by atoms with E-state index in [0.717, 1.165) is 39.1 Å². The molecule has 4 nitrogen and oxygen atoms in total. The van der Waals surface area contributed by atoms with Gasteiger partial charge in [-0.3, -0.25) is 0 Å². The maximum Gasteiger partial charge on any atom is 0.137 e. The molecule has 1 aliphatic rings. The van der Waals surface area contributed by atoms with Crippen molar-refractivity contribution in [1.29, 1.82) is 5.26 Å². The highest BCUT2D eigenvalue weighted by atomic mass is 16.5. The number of hydrogen-bond acceptors (Lipinski definition) is 4. The SMILES string of the molecule is N#Cc1ccccc1OCCCOCC1CCOCC1. The van der Waals surface area contributed by atoms with Gasteiger partial charge in [0.05, 0.1) is 12.2 Å². The van der Waals surface area contributed by atoms with E-state index in [-0.39, 0.29) is 0 Å². The van der Waals surface area contributed by atoms with Crippen LogP contribution in [0.5, 0.6) is 5.75 Å². The van der Waals surface area contributed by atoms with Gasteiger partial charge < -0.3 is 14.2 Å². The fourth-order valence-corrected chi connectivity index (χ4v) is 2.19. The standard InChI is InChI=1S/C16H21NO3/c17-12-15-4-1-2-5-16(15)20-9-3-8-19-13-14-6-10-18-11-7-14/h1-2,4-5,14H,3,6-11,13H2. The molecular formula is C16H21NO3. The van der Waals surface area contributed by atoms with Gasteiger partial charge in [-0.2, -0.15) is 5.26 Å². The van der Waals surface area contributed by atoms with Crippen LogP contribution in [0.2, 0.25) is 0 Å². The van der Waals surface area contributed by atoms with Crippen LogP contribution in [0.1, 0.15) is 24.8 Å². The molecular weight excluding hydrogens is 254 g/mol. The third-order valence-corrected chi connectivity index (χ3v) is 3.39. The molecule has 0 atom stereocenters. The van der Waals surface area contributed by atoms with E-state index in [1.807, 2.05) is 18.2 Å². The Bertz CT molecular complexity index is 436. The normalized spacial score (nSPS) is 15.8. The van der Waals surface area contributed by atoms with Crippen LogP contribution < -0.4 is 4.74 Å². The van der Waals surface area contributed by atoms with E-state index in [0.29, 0.717) is 30.4 Å². The Morgan fingerprint density at radius 2 is 2.00 bits per heavy atom. The average molecular weight is 275 g/mol. The molecule has 0 amide bonds. The molecule has 1 saturated heterocycles. The molecule has 1 aliphatic heterocycles. The summed E-state index contributed by atoms with van der Waals surface area (Å²) in [6, 6.07) is 9.41. The van der Waals surface area contributed by atoms with Crippen LogP contribution in [0.25, 0.3) is 0 Å². The first-order chi connectivity index (χ1) is 9.90. The second-order valence-electron chi connectivity index (χ2n) is 4.94. The zero-order valence-corrected chi connectivity index (χ0v) is 11.7. The topological polar surface area (TPSA) is 51.5 Å². The molecule has 0 N–H and O–H groups in total. The van der Waals surface area contributed by atoms with E-state index in [2.05, 4.69) is 6.07 Å². The summed E-state index contributed by atoms with van der Waals surface area (Å²) in [4.78, 5) is 0. The second-order valence-corrected chi connectivity index (χ2v) is 4.94. The van der Waals surface area contributed by atoms with Crippen LogP contribution in [0.3, 0.4) is 0 Å². The molecule has 0 spiro atoms. The molecule has 1 aromatic carbocycles. The van der Waals surface area contributed by atoms with Crippen molar-refractivity contribution in [3.8, 4) is 11.8 Å². The number of rotatable bonds is 7. The van der Waals surface area contributed by atoms with Gasteiger partial charge in [-0.05, 0) is 30.9 Å². The van der Waals surface area contributed by atoms with Crippen molar-refractivity contribution in [2.45, 2.75) is 19.3 Å². The minimum Gasteiger partial charge on any atom is -0.492 e. The van der Waals surface area contributed by atoms with Gasteiger partial charge >= 0.3 is 0 Å². The minimum absolute atomic E-state index is 0.576. The first kappa shape index (κ1) is 14.8. The lowest BCUT2D eigenvalue weighted by molar-refractivity contribution is 0.0183. The van der Waals surface area contributed by atoms with Crippen molar-refractivity contribution in [3.63, 3.8) is 0 Å². The van der Waals surface area contributed by atoms with Crippen LogP contribution >= 0.6 is 0 Å². The van der Waals surface area contributed by atoms with Crippen molar-refractivity contribution in [2.24, 2.45) is 5.92 Å². The summed E-state index contributed by atoms with van der Waals surface area (Å²) in [6.07, 6.45) is 3.04. The third kappa shape index (κ3) is 4.84. The van der Waals surface area contributed by atoms with Gasteiger partial charge in [-0.25, -0.2) is 0 Å². The molecule has 0 saturated carbocycles. The lowest BCUT2D eigenvalue weighted by Crippen LogP contribution is -2.20. The zero-order chi connectivity index (χ0) is 14.0. The minimum atomic E-state index is 0.576. The maximum absolute atomic E-state index is 8.94. The Labute approximate surface area is 120 Å². The van der Waals surface area contributed by atoms with Gasteiger partial charge in [0.15, 0.2) is 0 Å². The van der Waals surface area contributed by atoms with Crippen LogP contribution in [-0.2, 0) is 9.47 Å². The molecule has 1 aromatic rings. The van der Waals surface area contributed by atoms with E-state index >= 15 is 0 Å². The first-order valence-electron chi connectivity index (χ1n) is 7.17. The Kier molecular flexibility index (Phi) is 6.36. The number of benzene rings is 1. The molecule has 2 rings (SSSR count). The number of ether oxygens (including phenoxy) is 3. The van der Waals surface area contributed by atoms with Crippen molar-refractivity contribution in [1.82, 2.24) is 0 Å². The number of nitriles is 1. The molecule has 0 bridgehead atoms.